The number of ketones is 1. The van der Waals surface area contributed by atoms with Crippen molar-refractivity contribution in [1.29, 1.82) is 0 Å². The molecule has 36 heavy (non-hydrogen) atoms. The first-order chi connectivity index (χ1) is 17.7. The van der Waals surface area contributed by atoms with Crippen LogP contribution in [-0.2, 0) is 17.6 Å². The number of anilines is 1. The monoisotopic (exact) mass is 491 g/mol. The van der Waals surface area contributed by atoms with Crippen molar-refractivity contribution in [2.45, 2.75) is 51.4 Å². The topological polar surface area (TPSA) is 64.1 Å². The number of pyridine rings is 1. The molecular formula is C29H37N3O4. The number of Topliss-reactive ketones (excluding diaryl/α,β-unsaturated/α-hetero) is 1. The molecule has 1 saturated heterocycles. The number of carbonyl (C=O) groups is 1. The van der Waals surface area contributed by atoms with Gasteiger partial charge in [-0.15, -0.1) is 0 Å². The van der Waals surface area contributed by atoms with E-state index >= 15 is 0 Å². The Balaban J connectivity index is 0.894. The van der Waals surface area contributed by atoms with Crippen LogP contribution in [0.25, 0.3) is 0 Å². The highest BCUT2D eigenvalue weighted by molar-refractivity contribution is 5.81. The van der Waals surface area contributed by atoms with E-state index in [1.165, 1.54) is 44.2 Å². The number of hydrogen-bond donors (Lipinski definition) is 0. The predicted molar refractivity (Wildman–Crippen MR) is 138 cm³/mol. The second-order valence-corrected chi connectivity index (χ2v) is 10.8. The second kappa shape index (κ2) is 10.7. The van der Waals surface area contributed by atoms with E-state index < -0.39 is 0 Å². The van der Waals surface area contributed by atoms with Gasteiger partial charge in [-0.25, -0.2) is 4.98 Å². The molecule has 1 aromatic heterocycles. The zero-order valence-corrected chi connectivity index (χ0v) is 21.1. The number of hydrogen-bond acceptors (Lipinski definition) is 7. The molecule has 7 heteroatoms. The number of rotatable bonds is 8. The SMILES string of the molecule is O=C(Cc1ccc2c(c1)OCO2)CC1CCC(CCN2CCN(c3nccc4c3OCC4)CC2)CC1. The van der Waals surface area contributed by atoms with Gasteiger partial charge < -0.3 is 19.1 Å². The molecule has 1 saturated carbocycles. The van der Waals surface area contributed by atoms with Crippen molar-refractivity contribution in [1.82, 2.24) is 9.88 Å². The van der Waals surface area contributed by atoms with Crippen molar-refractivity contribution in [2.75, 3.05) is 51.0 Å². The summed E-state index contributed by atoms with van der Waals surface area (Å²) in [5.41, 5.74) is 2.32. The van der Waals surface area contributed by atoms with Crippen molar-refractivity contribution in [3.63, 3.8) is 0 Å². The van der Waals surface area contributed by atoms with Crippen LogP contribution in [-0.4, -0.2) is 61.8 Å². The standard InChI is InChI=1S/C29H37N3O4/c33-25(18-23-5-6-26-27(19-23)36-20-35-26)17-22-3-1-21(2-4-22)8-11-31-12-14-32(15-13-31)29-28-24(7-10-30-29)9-16-34-28/h5-7,10,19,21-22H,1-4,8-9,11-18,20H2. The fourth-order valence-corrected chi connectivity index (χ4v) is 6.26. The summed E-state index contributed by atoms with van der Waals surface area (Å²) in [5.74, 6) is 5.28. The molecule has 7 nitrogen and oxygen atoms in total. The lowest BCUT2D eigenvalue weighted by Crippen LogP contribution is -2.47. The number of piperazine rings is 1. The van der Waals surface area contributed by atoms with Crippen LogP contribution in [0.5, 0.6) is 17.2 Å². The highest BCUT2D eigenvalue weighted by Gasteiger charge is 2.27. The van der Waals surface area contributed by atoms with Crippen molar-refractivity contribution < 1.29 is 19.0 Å². The van der Waals surface area contributed by atoms with Gasteiger partial charge in [0.15, 0.2) is 23.1 Å². The van der Waals surface area contributed by atoms with E-state index in [0.717, 1.165) is 73.8 Å². The normalized spacial score (nSPS) is 23.4. The lowest BCUT2D eigenvalue weighted by Gasteiger charge is -2.37. The highest BCUT2D eigenvalue weighted by Crippen LogP contribution is 2.36. The van der Waals surface area contributed by atoms with Crippen LogP contribution in [0.1, 0.15) is 49.7 Å². The summed E-state index contributed by atoms with van der Waals surface area (Å²) < 4.78 is 16.7. The van der Waals surface area contributed by atoms with Gasteiger partial charge in [-0.2, -0.15) is 0 Å². The van der Waals surface area contributed by atoms with Crippen molar-refractivity contribution in [3.8, 4) is 17.2 Å². The fourth-order valence-electron chi connectivity index (χ4n) is 6.26. The summed E-state index contributed by atoms with van der Waals surface area (Å²) in [7, 11) is 0. The maximum absolute atomic E-state index is 12.7. The van der Waals surface area contributed by atoms with Gasteiger partial charge in [0.1, 0.15) is 5.78 Å². The van der Waals surface area contributed by atoms with E-state index in [4.69, 9.17) is 14.2 Å². The van der Waals surface area contributed by atoms with Crippen LogP contribution in [0.4, 0.5) is 5.82 Å². The summed E-state index contributed by atoms with van der Waals surface area (Å²) in [4.78, 5) is 22.3. The molecule has 4 heterocycles. The number of carbonyl (C=O) groups excluding carboxylic acids is 1. The molecule has 0 N–H and O–H groups in total. The maximum Gasteiger partial charge on any atom is 0.231 e. The zero-order valence-electron chi connectivity index (χ0n) is 21.1. The Hall–Kier alpha value is -2.80. The molecule has 2 aromatic rings. The van der Waals surface area contributed by atoms with Gasteiger partial charge in [0.2, 0.25) is 6.79 Å². The minimum absolute atomic E-state index is 0.272. The molecule has 192 valence electrons. The molecule has 3 aliphatic heterocycles. The number of ether oxygens (including phenoxy) is 3. The highest BCUT2D eigenvalue weighted by atomic mass is 16.7. The number of nitrogens with zero attached hydrogens (tertiary/aromatic N) is 3. The Morgan fingerprint density at radius 3 is 2.61 bits per heavy atom. The smallest absolute Gasteiger partial charge is 0.231 e. The summed E-state index contributed by atoms with van der Waals surface area (Å²) in [5, 5.41) is 0. The molecule has 0 bridgehead atoms. The average molecular weight is 492 g/mol. The predicted octanol–water partition coefficient (Wildman–Crippen LogP) is 4.27. The average Bonchev–Trinajstić information content (AvgIpc) is 3.58. The van der Waals surface area contributed by atoms with E-state index in [2.05, 4.69) is 20.9 Å². The van der Waals surface area contributed by atoms with E-state index in [1.807, 2.05) is 24.4 Å². The number of fused-ring (bicyclic) bond motifs is 2. The Morgan fingerprint density at radius 1 is 0.944 bits per heavy atom. The molecule has 6 rings (SSSR count). The largest absolute Gasteiger partial charge is 0.489 e. The minimum Gasteiger partial charge on any atom is -0.489 e. The maximum atomic E-state index is 12.7. The Kier molecular flexibility index (Phi) is 6.99. The number of aromatic nitrogens is 1. The first-order valence-corrected chi connectivity index (χ1v) is 13.7. The fraction of sp³-hybridized carbons (Fsp3) is 0.586. The van der Waals surface area contributed by atoms with E-state index in [0.29, 0.717) is 24.5 Å². The first kappa shape index (κ1) is 23.6. The van der Waals surface area contributed by atoms with Crippen LogP contribution in [0.15, 0.2) is 30.5 Å². The molecule has 0 amide bonds. The quantitative estimate of drug-likeness (QED) is 0.547. The van der Waals surface area contributed by atoms with Gasteiger partial charge in [-0.05, 0) is 61.4 Å². The molecule has 0 radical (unpaired) electrons. The van der Waals surface area contributed by atoms with Crippen LogP contribution in [0.3, 0.4) is 0 Å². The summed E-state index contributed by atoms with van der Waals surface area (Å²) in [6, 6.07) is 7.94. The van der Waals surface area contributed by atoms with E-state index in [9.17, 15) is 4.79 Å². The van der Waals surface area contributed by atoms with Crippen LogP contribution < -0.4 is 19.1 Å². The van der Waals surface area contributed by atoms with Crippen LogP contribution in [0.2, 0.25) is 0 Å². The third kappa shape index (κ3) is 5.31. The molecule has 0 atom stereocenters. The van der Waals surface area contributed by atoms with Crippen molar-refractivity contribution in [3.05, 3.63) is 41.6 Å². The Morgan fingerprint density at radius 2 is 1.75 bits per heavy atom. The van der Waals surface area contributed by atoms with Gasteiger partial charge in [0, 0.05) is 57.2 Å². The van der Waals surface area contributed by atoms with Crippen LogP contribution >= 0.6 is 0 Å². The minimum atomic E-state index is 0.272. The summed E-state index contributed by atoms with van der Waals surface area (Å²) in [6.07, 6.45) is 10.3. The lowest BCUT2D eigenvalue weighted by molar-refractivity contribution is -0.119. The van der Waals surface area contributed by atoms with Crippen molar-refractivity contribution in [2.24, 2.45) is 11.8 Å². The molecule has 0 unspecified atom stereocenters. The van der Waals surface area contributed by atoms with Gasteiger partial charge >= 0.3 is 0 Å². The van der Waals surface area contributed by atoms with Gasteiger partial charge in [-0.1, -0.05) is 18.9 Å². The lowest BCUT2D eigenvalue weighted by atomic mass is 9.78. The molecule has 0 spiro atoms. The molecule has 1 aromatic carbocycles. The third-order valence-corrected chi connectivity index (χ3v) is 8.43. The van der Waals surface area contributed by atoms with E-state index in [1.54, 1.807) is 0 Å². The zero-order chi connectivity index (χ0) is 24.3. The van der Waals surface area contributed by atoms with E-state index in [-0.39, 0.29) is 6.79 Å². The Labute approximate surface area is 213 Å². The first-order valence-electron chi connectivity index (χ1n) is 13.7. The summed E-state index contributed by atoms with van der Waals surface area (Å²) >= 11 is 0. The Bertz CT molecular complexity index is 1070. The molecule has 2 fully saturated rings. The van der Waals surface area contributed by atoms with Gasteiger partial charge in [0.05, 0.1) is 6.61 Å². The van der Waals surface area contributed by atoms with Gasteiger partial charge in [0.25, 0.3) is 0 Å². The molecule has 4 aliphatic rings. The van der Waals surface area contributed by atoms with Gasteiger partial charge in [-0.3, -0.25) is 9.69 Å². The number of benzene rings is 1. The third-order valence-electron chi connectivity index (χ3n) is 8.43. The second-order valence-electron chi connectivity index (χ2n) is 10.8. The molecular weight excluding hydrogens is 454 g/mol. The van der Waals surface area contributed by atoms with Crippen molar-refractivity contribution >= 4 is 11.6 Å². The van der Waals surface area contributed by atoms with Crippen LogP contribution in [0, 0.1) is 11.8 Å². The summed E-state index contributed by atoms with van der Waals surface area (Å²) in [6.45, 7) is 6.46. The molecule has 1 aliphatic carbocycles.